The van der Waals surface area contributed by atoms with Crippen LogP contribution in [0.3, 0.4) is 0 Å². The van der Waals surface area contributed by atoms with Crippen LogP contribution in [0.25, 0.3) is 0 Å². The molecule has 2 heterocycles. The molecule has 0 amide bonds. The van der Waals surface area contributed by atoms with E-state index in [1.54, 1.807) is 30.3 Å². The van der Waals surface area contributed by atoms with Gasteiger partial charge in [0, 0.05) is 5.02 Å². The van der Waals surface area contributed by atoms with Gasteiger partial charge in [-0.1, -0.05) is 29.8 Å². The number of fused-ring (bicyclic) bond motifs is 3. The Labute approximate surface area is 165 Å². The zero-order chi connectivity index (χ0) is 20.0. The van der Waals surface area contributed by atoms with E-state index in [2.05, 4.69) is 0 Å². The van der Waals surface area contributed by atoms with Gasteiger partial charge in [-0.2, -0.15) is 0 Å². The van der Waals surface area contributed by atoms with Crippen molar-refractivity contribution in [2.45, 2.75) is 36.9 Å². The largest absolute Gasteiger partial charge is 0.508 e. The Balaban J connectivity index is 1.73. The SMILES string of the molecule is O=C1OC2C(OC(CO)C(O)C2O)c2cc(Cc3ccc(O)cc3)c(Cl)cc21. The van der Waals surface area contributed by atoms with Crippen molar-refractivity contribution in [1.82, 2.24) is 0 Å². The van der Waals surface area contributed by atoms with Crippen molar-refractivity contribution in [3.05, 3.63) is 63.7 Å². The number of aromatic hydroxyl groups is 1. The second-order valence-corrected chi connectivity index (χ2v) is 7.41. The first-order valence-corrected chi connectivity index (χ1v) is 9.20. The molecule has 2 aliphatic rings. The van der Waals surface area contributed by atoms with Gasteiger partial charge >= 0.3 is 5.97 Å². The molecule has 0 bridgehead atoms. The van der Waals surface area contributed by atoms with E-state index < -0.39 is 43.1 Å². The van der Waals surface area contributed by atoms with Crippen LogP contribution >= 0.6 is 11.6 Å². The van der Waals surface area contributed by atoms with Gasteiger partial charge < -0.3 is 29.9 Å². The molecule has 0 saturated carbocycles. The topological polar surface area (TPSA) is 116 Å². The summed E-state index contributed by atoms with van der Waals surface area (Å²) < 4.78 is 11.0. The van der Waals surface area contributed by atoms with Crippen LogP contribution in [0.1, 0.15) is 33.2 Å². The molecule has 2 aromatic rings. The predicted molar refractivity (Wildman–Crippen MR) is 98.3 cm³/mol. The van der Waals surface area contributed by atoms with Crippen molar-refractivity contribution in [1.29, 1.82) is 0 Å². The summed E-state index contributed by atoms with van der Waals surface area (Å²) in [7, 11) is 0. The van der Waals surface area contributed by atoms with Crippen molar-refractivity contribution in [2.24, 2.45) is 0 Å². The third-order valence-corrected chi connectivity index (χ3v) is 5.54. The molecule has 0 radical (unpaired) electrons. The van der Waals surface area contributed by atoms with Crippen molar-refractivity contribution >= 4 is 17.6 Å². The Morgan fingerprint density at radius 2 is 1.79 bits per heavy atom. The van der Waals surface area contributed by atoms with Gasteiger partial charge in [0.25, 0.3) is 0 Å². The Bertz CT molecular complexity index is 898. The number of halogens is 1. The predicted octanol–water partition coefficient (Wildman–Crippen LogP) is 1.33. The van der Waals surface area contributed by atoms with Gasteiger partial charge in [-0.3, -0.25) is 0 Å². The third-order valence-electron chi connectivity index (χ3n) is 5.19. The van der Waals surface area contributed by atoms with Gasteiger partial charge in [0.2, 0.25) is 0 Å². The molecular weight excluding hydrogens is 388 g/mol. The molecule has 2 aliphatic heterocycles. The van der Waals surface area contributed by atoms with Gasteiger partial charge in [-0.25, -0.2) is 4.79 Å². The fraction of sp³-hybridized carbons (Fsp3) is 0.350. The Kier molecular flexibility index (Phi) is 5.03. The Hall–Kier alpha value is -2.16. The molecular formula is C20H19ClO7. The summed E-state index contributed by atoms with van der Waals surface area (Å²) >= 11 is 6.36. The number of hydrogen-bond donors (Lipinski definition) is 4. The number of benzene rings is 2. The van der Waals surface area contributed by atoms with Crippen LogP contribution in [0.15, 0.2) is 36.4 Å². The number of phenolic OH excluding ortho intramolecular Hbond substituents is 1. The first-order chi connectivity index (χ1) is 13.4. The van der Waals surface area contributed by atoms with Gasteiger partial charge in [0.05, 0.1) is 12.2 Å². The normalized spacial score (nSPS) is 29.0. The van der Waals surface area contributed by atoms with Crippen LogP contribution in [0.5, 0.6) is 5.75 Å². The maximum absolute atomic E-state index is 12.4. The fourth-order valence-electron chi connectivity index (χ4n) is 3.68. The maximum atomic E-state index is 12.4. The molecule has 0 spiro atoms. The van der Waals surface area contributed by atoms with E-state index in [1.807, 2.05) is 0 Å². The number of ether oxygens (including phenoxy) is 2. The molecule has 28 heavy (non-hydrogen) atoms. The molecule has 7 nitrogen and oxygen atoms in total. The molecule has 4 N–H and O–H groups in total. The van der Waals surface area contributed by atoms with Crippen LogP contribution in [0.2, 0.25) is 5.02 Å². The molecule has 4 rings (SSSR count). The van der Waals surface area contributed by atoms with Crippen LogP contribution in [0.4, 0.5) is 0 Å². The molecule has 1 fully saturated rings. The van der Waals surface area contributed by atoms with Crippen LogP contribution in [-0.2, 0) is 15.9 Å². The highest BCUT2D eigenvalue weighted by atomic mass is 35.5. The molecule has 8 heteroatoms. The number of esters is 1. The van der Waals surface area contributed by atoms with Gasteiger partial charge in [-0.05, 0) is 41.3 Å². The lowest BCUT2D eigenvalue weighted by Crippen LogP contribution is -2.58. The lowest BCUT2D eigenvalue weighted by molar-refractivity contribution is -0.234. The zero-order valence-electron chi connectivity index (χ0n) is 14.7. The summed E-state index contributed by atoms with van der Waals surface area (Å²) in [5.41, 5.74) is 2.34. The van der Waals surface area contributed by atoms with E-state index in [1.165, 1.54) is 6.07 Å². The number of aliphatic hydroxyl groups excluding tert-OH is 3. The second-order valence-electron chi connectivity index (χ2n) is 7.00. The standard InChI is InChI=1S/C20H19ClO7/c21-14-7-13-12(6-10(14)5-9-1-3-11(23)4-2-9)18-19(28-20(13)26)17(25)16(24)15(8-22)27-18/h1-4,6-7,15-19,22-25H,5,8H2. The minimum Gasteiger partial charge on any atom is -0.508 e. The van der Waals surface area contributed by atoms with Crippen molar-refractivity contribution < 1.29 is 34.7 Å². The molecule has 148 valence electrons. The number of phenols is 1. The Morgan fingerprint density at radius 1 is 1.07 bits per heavy atom. The second kappa shape index (κ2) is 7.35. The van der Waals surface area contributed by atoms with E-state index in [-0.39, 0.29) is 11.3 Å². The summed E-state index contributed by atoms with van der Waals surface area (Å²) in [4.78, 5) is 12.4. The first kappa shape index (κ1) is 19.2. The number of hydrogen-bond acceptors (Lipinski definition) is 7. The summed E-state index contributed by atoms with van der Waals surface area (Å²) in [6.07, 6.45) is -5.22. The van der Waals surface area contributed by atoms with Gasteiger partial charge in [-0.15, -0.1) is 0 Å². The van der Waals surface area contributed by atoms with Crippen LogP contribution < -0.4 is 0 Å². The van der Waals surface area contributed by atoms with E-state index in [0.717, 1.165) is 11.1 Å². The monoisotopic (exact) mass is 406 g/mol. The molecule has 0 aliphatic carbocycles. The summed E-state index contributed by atoms with van der Waals surface area (Å²) in [6.45, 7) is -0.487. The highest BCUT2D eigenvalue weighted by Gasteiger charge is 2.50. The number of carbonyl (C=O) groups is 1. The maximum Gasteiger partial charge on any atom is 0.339 e. The molecule has 0 aromatic heterocycles. The summed E-state index contributed by atoms with van der Waals surface area (Å²) in [5.74, 6) is -0.504. The average molecular weight is 407 g/mol. The highest BCUT2D eigenvalue weighted by Crippen LogP contribution is 2.41. The van der Waals surface area contributed by atoms with Gasteiger partial charge in [0.1, 0.15) is 30.2 Å². The molecule has 5 atom stereocenters. The van der Waals surface area contributed by atoms with E-state index in [4.69, 9.17) is 21.1 Å². The number of carbonyl (C=O) groups excluding carboxylic acids is 1. The molecule has 5 unspecified atom stereocenters. The number of aliphatic hydroxyl groups is 3. The molecule has 2 aromatic carbocycles. The molecule has 1 saturated heterocycles. The lowest BCUT2D eigenvalue weighted by atomic mass is 9.85. The average Bonchev–Trinajstić information content (AvgIpc) is 2.68. The van der Waals surface area contributed by atoms with E-state index >= 15 is 0 Å². The number of rotatable bonds is 3. The minimum absolute atomic E-state index is 0.157. The van der Waals surface area contributed by atoms with E-state index in [0.29, 0.717) is 17.0 Å². The minimum atomic E-state index is -1.38. The van der Waals surface area contributed by atoms with Crippen LogP contribution in [0, 0.1) is 0 Å². The lowest BCUT2D eigenvalue weighted by Gasteiger charge is -2.44. The quantitative estimate of drug-likeness (QED) is 0.568. The summed E-state index contributed by atoms with van der Waals surface area (Å²) in [5, 5.41) is 39.6. The van der Waals surface area contributed by atoms with E-state index in [9.17, 15) is 25.2 Å². The zero-order valence-corrected chi connectivity index (χ0v) is 15.4. The fourth-order valence-corrected chi connectivity index (χ4v) is 3.91. The van der Waals surface area contributed by atoms with Crippen molar-refractivity contribution in [2.75, 3.05) is 6.61 Å². The summed E-state index contributed by atoms with van der Waals surface area (Å²) in [6, 6.07) is 9.90. The van der Waals surface area contributed by atoms with Crippen molar-refractivity contribution in [3.63, 3.8) is 0 Å². The Morgan fingerprint density at radius 3 is 2.46 bits per heavy atom. The smallest absolute Gasteiger partial charge is 0.339 e. The highest BCUT2D eigenvalue weighted by molar-refractivity contribution is 6.31. The van der Waals surface area contributed by atoms with Crippen molar-refractivity contribution in [3.8, 4) is 5.75 Å². The first-order valence-electron chi connectivity index (χ1n) is 8.82. The van der Waals surface area contributed by atoms with Gasteiger partial charge in [0.15, 0.2) is 6.10 Å². The van der Waals surface area contributed by atoms with Crippen LogP contribution in [-0.4, -0.2) is 57.4 Å². The third kappa shape index (κ3) is 3.25.